The van der Waals surface area contributed by atoms with Gasteiger partial charge in [0.2, 0.25) is 5.91 Å². The first-order chi connectivity index (χ1) is 27.8. The summed E-state index contributed by atoms with van der Waals surface area (Å²) in [5, 5.41) is 13.2. The molecule has 0 aliphatic rings. The van der Waals surface area contributed by atoms with Crippen LogP contribution in [0.5, 0.6) is 0 Å². The maximum absolute atomic E-state index is 12.6. The van der Waals surface area contributed by atoms with Gasteiger partial charge in [0.1, 0.15) is 0 Å². The van der Waals surface area contributed by atoms with Crippen LogP contribution in [-0.4, -0.2) is 41.9 Å². The van der Waals surface area contributed by atoms with E-state index in [1.807, 2.05) is 0 Å². The van der Waals surface area contributed by atoms with Gasteiger partial charge in [-0.1, -0.05) is 195 Å². The molecule has 2 atom stereocenters. The molecule has 2 unspecified atom stereocenters. The summed E-state index contributed by atoms with van der Waals surface area (Å²) in [7, 11) is -4.37. The molecule has 0 aromatic rings. The fraction of sp³-hybridized carbons (Fsp3) is 0.660. The molecule has 0 radical (unpaired) electrons. The van der Waals surface area contributed by atoms with Crippen LogP contribution in [0.4, 0.5) is 0 Å². The van der Waals surface area contributed by atoms with Crippen molar-refractivity contribution in [2.45, 2.75) is 206 Å². The summed E-state index contributed by atoms with van der Waals surface area (Å²) in [4.78, 5) is 12.6. The molecule has 326 valence electrons. The summed E-state index contributed by atoms with van der Waals surface area (Å²) < 4.78 is 32.6. The van der Waals surface area contributed by atoms with E-state index in [1.54, 1.807) is 6.08 Å². The highest BCUT2D eigenvalue weighted by molar-refractivity contribution is 7.85. The monoisotopic (exact) mass is 812 g/mol. The lowest BCUT2D eigenvalue weighted by molar-refractivity contribution is -0.122. The van der Waals surface area contributed by atoms with Crippen molar-refractivity contribution < 1.29 is 22.9 Å². The molecule has 0 rings (SSSR count). The van der Waals surface area contributed by atoms with Gasteiger partial charge in [0.05, 0.1) is 17.9 Å². The predicted molar refractivity (Wildman–Crippen MR) is 248 cm³/mol. The second kappa shape index (κ2) is 42.9. The Bertz CT molecular complexity index is 1260. The average molecular weight is 812 g/mol. The van der Waals surface area contributed by atoms with Crippen LogP contribution in [0, 0.1) is 0 Å². The minimum atomic E-state index is -4.37. The standard InChI is InChI=1S/C50H85NO5S/c1-3-5-7-9-11-13-15-17-19-21-23-24-25-26-28-30-32-34-36-38-40-42-44-46-50(53)51-48(47-57(54,55)56)49(52)45-43-41-39-37-35-33-31-29-27-22-20-18-16-14-12-10-8-6-4-2/h5,7,11,13,17,19,23-24,26-29,35,37,43,45,48-49,52H,3-4,6,8-10,12,14-16,18,20-22,25,30-34,36,38-42,44,46-47H2,1-2H3,(H,51,53)(H,54,55,56)/b7-5-,13-11-,19-17-,24-23-,28-26-,29-27+,37-35+,45-43+. The Labute approximate surface area is 351 Å². The van der Waals surface area contributed by atoms with Crippen LogP contribution in [0.15, 0.2) is 97.2 Å². The SMILES string of the molecule is CC/C=C\C/C=C\C/C=C\C/C=C\C/C=C\CCCCCCCCCC(=O)NC(CS(=O)(=O)O)C(O)/C=C/CC/C=C/CC/C=C/CCCCCCCCCCC. The van der Waals surface area contributed by atoms with E-state index in [-0.39, 0.29) is 12.3 Å². The summed E-state index contributed by atoms with van der Waals surface area (Å²) in [6.07, 6.45) is 63.9. The van der Waals surface area contributed by atoms with E-state index in [0.29, 0.717) is 12.8 Å². The lowest BCUT2D eigenvalue weighted by Crippen LogP contribution is -2.46. The number of aliphatic hydroxyl groups excluding tert-OH is 1. The summed E-state index contributed by atoms with van der Waals surface area (Å²) >= 11 is 0. The molecule has 0 spiro atoms. The number of aliphatic hydroxyl groups is 1. The quantitative estimate of drug-likeness (QED) is 0.0325. The molecule has 0 fully saturated rings. The Kier molecular flexibility index (Phi) is 40.8. The van der Waals surface area contributed by atoms with Gasteiger partial charge in [-0.25, -0.2) is 0 Å². The maximum atomic E-state index is 12.6. The molecule has 6 nitrogen and oxygen atoms in total. The number of hydrogen-bond donors (Lipinski definition) is 3. The van der Waals surface area contributed by atoms with Crippen molar-refractivity contribution in [2.24, 2.45) is 0 Å². The largest absolute Gasteiger partial charge is 0.387 e. The number of rotatable bonds is 40. The number of allylic oxidation sites excluding steroid dienone is 15. The molecule has 0 heterocycles. The minimum absolute atomic E-state index is 0.266. The highest BCUT2D eigenvalue weighted by Gasteiger charge is 2.24. The smallest absolute Gasteiger partial charge is 0.267 e. The van der Waals surface area contributed by atoms with Gasteiger partial charge in [-0.3, -0.25) is 9.35 Å². The van der Waals surface area contributed by atoms with Crippen LogP contribution in [0.2, 0.25) is 0 Å². The summed E-state index contributed by atoms with van der Waals surface area (Å²) in [5.41, 5.74) is 0. The van der Waals surface area contributed by atoms with E-state index in [1.165, 1.54) is 89.5 Å². The van der Waals surface area contributed by atoms with Crippen LogP contribution < -0.4 is 5.32 Å². The average Bonchev–Trinajstić information content (AvgIpc) is 3.18. The molecule has 7 heteroatoms. The molecule has 0 aliphatic heterocycles. The number of unbranched alkanes of at least 4 members (excludes halogenated alkanes) is 18. The van der Waals surface area contributed by atoms with Gasteiger partial charge < -0.3 is 10.4 Å². The van der Waals surface area contributed by atoms with E-state index in [0.717, 1.165) is 77.0 Å². The zero-order valence-electron chi connectivity index (χ0n) is 36.4. The van der Waals surface area contributed by atoms with Crippen molar-refractivity contribution >= 4 is 16.0 Å². The normalized spacial score (nSPS) is 14.1. The van der Waals surface area contributed by atoms with Crippen LogP contribution in [0.25, 0.3) is 0 Å². The first kappa shape index (κ1) is 54.3. The van der Waals surface area contributed by atoms with Crippen LogP contribution in [0.3, 0.4) is 0 Å². The summed E-state index contributed by atoms with van der Waals surface area (Å²) in [6, 6.07) is -1.09. The molecule has 0 aliphatic carbocycles. The maximum Gasteiger partial charge on any atom is 0.267 e. The van der Waals surface area contributed by atoms with Gasteiger partial charge in [0.15, 0.2) is 0 Å². The van der Waals surface area contributed by atoms with Gasteiger partial charge in [-0.05, 0) is 89.9 Å². The van der Waals surface area contributed by atoms with Crippen molar-refractivity contribution in [2.75, 3.05) is 5.75 Å². The number of amides is 1. The number of nitrogens with one attached hydrogen (secondary N) is 1. The molecular weight excluding hydrogens is 727 g/mol. The highest BCUT2D eigenvalue weighted by atomic mass is 32.2. The molecule has 1 amide bonds. The zero-order chi connectivity index (χ0) is 41.8. The Balaban J connectivity index is 3.99. The van der Waals surface area contributed by atoms with E-state index in [4.69, 9.17) is 0 Å². The molecular formula is C50H85NO5S. The van der Waals surface area contributed by atoms with Gasteiger partial charge >= 0.3 is 0 Å². The van der Waals surface area contributed by atoms with Crippen molar-refractivity contribution in [3.05, 3.63) is 97.2 Å². The van der Waals surface area contributed by atoms with Gasteiger partial charge in [0, 0.05) is 6.42 Å². The molecule has 0 aromatic heterocycles. The molecule has 0 bridgehead atoms. The lowest BCUT2D eigenvalue weighted by Gasteiger charge is -2.21. The topological polar surface area (TPSA) is 104 Å². The Hall–Kier alpha value is -2.74. The van der Waals surface area contributed by atoms with Crippen molar-refractivity contribution in [3.8, 4) is 0 Å². The number of hydrogen-bond acceptors (Lipinski definition) is 4. The van der Waals surface area contributed by atoms with Crippen molar-refractivity contribution in [1.29, 1.82) is 0 Å². The zero-order valence-corrected chi connectivity index (χ0v) is 37.2. The molecule has 0 saturated carbocycles. The van der Waals surface area contributed by atoms with Gasteiger partial charge in [0.25, 0.3) is 10.1 Å². The summed E-state index contributed by atoms with van der Waals surface area (Å²) in [6.45, 7) is 4.41. The Morgan fingerprint density at radius 2 is 0.860 bits per heavy atom. The van der Waals surface area contributed by atoms with E-state index in [2.05, 4.69) is 104 Å². The first-order valence-corrected chi connectivity index (χ1v) is 24.5. The highest BCUT2D eigenvalue weighted by Crippen LogP contribution is 2.13. The molecule has 3 N–H and O–H groups in total. The third kappa shape index (κ3) is 44.2. The molecule has 0 saturated heterocycles. The Morgan fingerprint density at radius 3 is 1.32 bits per heavy atom. The third-order valence-electron chi connectivity index (χ3n) is 9.72. The van der Waals surface area contributed by atoms with Crippen molar-refractivity contribution in [3.63, 3.8) is 0 Å². The molecule has 0 aromatic carbocycles. The van der Waals surface area contributed by atoms with E-state index < -0.39 is 28.0 Å². The first-order valence-electron chi connectivity index (χ1n) is 22.9. The predicted octanol–water partition coefficient (Wildman–Crippen LogP) is 14.1. The number of carbonyl (C=O) groups excluding carboxylic acids is 1. The van der Waals surface area contributed by atoms with Crippen molar-refractivity contribution in [1.82, 2.24) is 5.32 Å². The second-order valence-corrected chi connectivity index (χ2v) is 16.8. The van der Waals surface area contributed by atoms with Gasteiger partial charge in [-0.2, -0.15) is 8.42 Å². The van der Waals surface area contributed by atoms with Crippen LogP contribution >= 0.6 is 0 Å². The fourth-order valence-corrected chi connectivity index (χ4v) is 7.06. The lowest BCUT2D eigenvalue weighted by atomic mass is 10.1. The number of carbonyl (C=O) groups is 1. The fourth-order valence-electron chi connectivity index (χ4n) is 6.33. The third-order valence-corrected chi connectivity index (χ3v) is 10.5. The van der Waals surface area contributed by atoms with Crippen LogP contribution in [-0.2, 0) is 14.9 Å². The van der Waals surface area contributed by atoms with Crippen LogP contribution in [0.1, 0.15) is 194 Å². The second-order valence-electron chi connectivity index (χ2n) is 15.3. The summed E-state index contributed by atoms with van der Waals surface area (Å²) in [5.74, 6) is -1.03. The Morgan fingerprint density at radius 1 is 0.491 bits per heavy atom. The van der Waals surface area contributed by atoms with E-state index in [9.17, 15) is 22.9 Å². The van der Waals surface area contributed by atoms with Gasteiger partial charge in [-0.15, -0.1) is 0 Å². The molecule has 57 heavy (non-hydrogen) atoms. The van der Waals surface area contributed by atoms with E-state index >= 15 is 0 Å². The minimum Gasteiger partial charge on any atom is -0.387 e.